The van der Waals surface area contributed by atoms with Gasteiger partial charge in [0.2, 0.25) is 0 Å². The number of anilines is 1. The minimum atomic E-state index is 0. The summed E-state index contributed by atoms with van der Waals surface area (Å²) in [6, 6.07) is 10.1. The van der Waals surface area contributed by atoms with Gasteiger partial charge in [-0.25, -0.2) is 0 Å². The van der Waals surface area contributed by atoms with Crippen LogP contribution < -0.4 is 15.5 Å². The third kappa shape index (κ3) is 7.84. The van der Waals surface area contributed by atoms with Gasteiger partial charge in [-0.3, -0.25) is 9.89 Å². The van der Waals surface area contributed by atoms with Crippen LogP contribution in [0.25, 0.3) is 0 Å². The number of rotatable bonds is 8. The summed E-state index contributed by atoms with van der Waals surface area (Å²) in [5, 5.41) is 11.6. The van der Waals surface area contributed by atoms with Gasteiger partial charge in [0.1, 0.15) is 0 Å². The molecule has 0 radical (unpaired) electrons. The number of benzene rings is 1. The van der Waals surface area contributed by atoms with E-state index < -0.39 is 0 Å². The van der Waals surface area contributed by atoms with E-state index in [0.717, 1.165) is 73.8 Å². The number of piperazine rings is 1. The van der Waals surface area contributed by atoms with E-state index in [2.05, 4.69) is 50.5 Å². The highest BCUT2D eigenvalue weighted by molar-refractivity contribution is 14.0. The molecule has 0 amide bonds. The topological polar surface area (TPSA) is 68.9 Å². The van der Waals surface area contributed by atoms with Gasteiger partial charge in [0.05, 0.1) is 22.9 Å². The molecule has 1 aromatic heterocycles. The van der Waals surface area contributed by atoms with Crippen LogP contribution in [-0.2, 0) is 6.54 Å². The van der Waals surface area contributed by atoms with Crippen LogP contribution in [0, 0.1) is 0 Å². The lowest BCUT2D eigenvalue weighted by Gasteiger charge is -2.36. The van der Waals surface area contributed by atoms with Gasteiger partial charge < -0.3 is 20.1 Å². The number of aliphatic imine (C=N–C) groups is 1. The number of hydrogen-bond donors (Lipinski definition) is 2. The first-order valence-corrected chi connectivity index (χ1v) is 11.1. The first-order valence-electron chi connectivity index (χ1n) is 10.7. The SMILES string of the molecule is CN=C(NCCCN1CCN(c2ccccc2Cl)CC1)NCc1cc(C(C)C)no1.I. The van der Waals surface area contributed by atoms with Gasteiger partial charge in [-0.05, 0) is 31.0 Å². The molecule has 172 valence electrons. The molecule has 1 fully saturated rings. The summed E-state index contributed by atoms with van der Waals surface area (Å²) in [6.45, 7) is 10.9. The van der Waals surface area contributed by atoms with Crippen molar-refractivity contribution in [3.8, 4) is 0 Å². The quantitative estimate of drug-likeness (QED) is 0.221. The second-order valence-electron chi connectivity index (χ2n) is 7.86. The van der Waals surface area contributed by atoms with E-state index in [1.165, 1.54) is 0 Å². The standard InChI is InChI=1S/C22H33ClN6O.HI/c1-17(2)20-15-18(30-27-20)16-26-22(24-3)25-9-6-10-28-11-13-29(14-12-28)21-8-5-4-7-19(21)23;/h4-5,7-8,15,17H,6,9-14,16H2,1-3H3,(H2,24,25,26);1H. The molecule has 31 heavy (non-hydrogen) atoms. The van der Waals surface area contributed by atoms with E-state index in [1.807, 2.05) is 24.3 Å². The molecule has 0 bridgehead atoms. The molecule has 0 atom stereocenters. The van der Waals surface area contributed by atoms with Crippen LogP contribution in [0.1, 0.15) is 37.6 Å². The Hall–Kier alpha value is -1.52. The van der Waals surface area contributed by atoms with Crippen molar-refractivity contribution in [1.82, 2.24) is 20.7 Å². The van der Waals surface area contributed by atoms with E-state index in [4.69, 9.17) is 16.1 Å². The maximum atomic E-state index is 6.33. The Morgan fingerprint density at radius 2 is 1.94 bits per heavy atom. The predicted molar refractivity (Wildman–Crippen MR) is 139 cm³/mol. The fraction of sp³-hybridized carbons (Fsp3) is 0.545. The van der Waals surface area contributed by atoms with Gasteiger partial charge in [-0.2, -0.15) is 0 Å². The van der Waals surface area contributed by atoms with Crippen molar-refractivity contribution in [2.75, 3.05) is 51.2 Å². The monoisotopic (exact) mass is 560 g/mol. The van der Waals surface area contributed by atoms with Crippen molar-refractivity contribution in [2.45, 2.75) is 32.7 Å². The zero-order chi connectivity index (χ0) is 21.3. The van der Waals surface area contributed by atoms with Crippen molar-refractivity contribution >= 4 is 47.2 Å². The van der Waals surface area contributed by atoms with Crippen molar-refractivity contribution in [2.24, 2.45) is 4.99 Å². The Bertz CT molecular complexity index is 820. The van der Waals surface area contributed by atoms with Crippen LogP contribution in [0.15, 0.2) is 39.8 Å². The Kier molecular flexibility index (Phi) is 10.9. The molecule has 0 aliphatic carbocycles. The van der Waals surface area contributed by atoms with Gasteiger partial charge in [0.15, 0.2) is 11.7 Å². The summed E-state index contributed by atoms with van der Waals surface area (Å²) in [5.41, 5.74) is 2.12. The molecule has 1 aliphatic heterocycles. The Morgan fingerprint density at radius 1 is 1.19 bits per heavy atom. The summed E-state index contributed by atoms with van der Waals surface area (Å²) < 4.78 is 5.36. The molecule has 1 aliphatic rings. The zero-order valence-corrected chi connectivity index (χ0v) is 21.7. The number of halogens is 2. The molecular formula is C22H34ClIN6O. The highest BCUT2D eigenvalue weighted by atomic mass is 127. The van der Waals surface area contributed by atoms with Crippen LogP contribution in [0.2, 0.25) is 5.02 Å². The first kappa shape index (κ1) is 25.7. The van der Waals surface area contributed by atoms with E-state index in [-0.39, 0.29) is 24.0 Å². The minimum Gasteiger partial charge on any atom is -0.368 e. The van der Waals surface area contributed by atoms with Crippen LogP contribution >= 0.6 is 35.6 Å². The lowest BCUT2D eigenvalue weighted by Crippen LogP contribution is -2.47. The fourth-order valence-corrected chi connectivity index (χ4v) is 3.76. The summed E-state index contributed by atoms with van der Waals surface area (Å²) in [7, 11) is 1.78. The average Bonchev–Trinajstić information content (AvgIpc) is 3.24. The molecular weight excluding hydrogens is 527 g/mol. The molecule has 0 saturated carbocycles. The minimum absolute atomic E-state index is 0. The smallest absolute Gasteiger partial charge is 0.191 e. The van der Waals surface area contributed by atoms with Crippen LogP contribution in [0.4, 0.5) is 5.69 Å². The summed E-state index contributed by atoms with van der Waals surface area (Å²) >= 11 is 6.33. The van der Waals surface area contributed by atoms with E-state index in [9.17, 15) is 0 Å². The van der Waals surface area contributed by atoms with Gasteiger partial charge in [0, 0.05) is 45.8 Å². The highest BCUT2D eigenvalue weighted by Crippen LogP contribution is 2.25. The predicted octanol–water partition coefficient (Wildman–Crippen LogP) is 3.95. The van der Waals surface area contributed by atoms with Crippen LogP contribution in [-0.4, -0.2) is 62.3 Å². The highest BCUT2D eigenvalue weighted by Gasteiger charge is 2.18. The number of hydrogen-bond acceptors (Lipinski definition) is 5. The van der Waals surface area contributed by atoms with Crippen molar-refractivity contribution < 1.29 is 4.52 Å². The van der Waals surface area contributed by atoms with E-state index in [1.54, 1.807) is 7.05 Å². The van der Waals surface area contributed by atoms with Gasteiger partial charge in [-0.1, -0.05) is 42.7 Å². The molecule has 0 spiro atoms. The van der Waals surface area contributed by atoms with Crippen molar-refractivity contribution in [1.29, 1.82) is 0 Å². The third-order valence-electron chi connectivity index (χ3n) is 5.33. The Balaban J connectivity index is 0.00000341. The van der Waals surface area contributed by atoms with Gasteiger partial charge in [-0.15, -0.1) is 24.0 Å². The van der Waals surface area contributed by atoms with Gasteiger partial charge >= 0.3 is 0 Å². The molecule has 2 aromatic rings. The second-order valence-corrected chi connectivity index (χ2v) is 8.27. The summed E-state index contributed by atoms with van der Waals surface area (Å²) in [6.07, 6.45) is 1.06. The van der Waals surface area contributed by atoms with Crippen LogP contribution in [0.3, 0.4) is 0 Å². The second kappa shape index (κ2) is 13.1. The lowest BCUT2D eigenvalue weighted by atomic mass is 10.1. The van der Waals surface area contributed by atoms with Crippen LogP contribution in [0.5, 0.6) is 0 Å². The normalized spacial score (nSPS) is 15.1. The van der Waals surface area contributed by atoms with Gasteiger partial charge in [0.25, 0.3) is 0 Å². The average molecular weight is 561 g/mol. The molecule has 7 nitrogen and oxygen atoms in total. The number of para-hydroxylation sites is 1. The Labute approximate surface area is 207 Å². The largest absolute Gasteiger partial charge is 0.368 e. The molecule has 2 heterocycles. The molecule has 3 rings (SSSR count). The number of nitrogens with one attached hydrogen (secondary N) is 2. The molecule has 9 heteroatoms. The Morgan fingerprint density at radius 3 is 2.58 bits per heavy atom. The molecule has 2 N–H and O–H groups in total. The van der Waals surface area contributed by atoms with Crippen molar-refractivity contribution in [3.63, 3.8) is 0 Å². The molecule has 1 saturated heterocycles. The number of nitrogens with zero attached hydrogens (tertiary/aromatic N) is 4. The summed E-state index contributed by atoms with van der Waals surface area (Å²) in [5.74, 6) is 1.96. The fourth-order valence-electron chi connectivity index (χ4n) is 3.51. The molecule has 0 unspecified atom stereocenters. The maximum Gasteiger partial charge on any atom is 0.191 e. The lowest BCUT2D eigenvalue weighted by molar-refractivity contribution is 0.255. The van der Waals surface area contributed by atoms with Crippen molar-refractivity contribution in [3.05, 3.63) is 46.8 Å². The zero-order valence-electron chi connectivity index (χ0n) is 18.6. The first-order chi connectivity index (χ1) is 14.6. The number of guanidine groups is 1. The third-order valence-corrected chi connectivity index (χ3v) is 5.65. The molecule has 1 aromatic carbocycles. The van der Waals surface area contributed by atoms with E-state index in [0.29, 0.717) is 12.5 Å². The maximum absolute atomic E-state index is 6.33. The summed E-state index contributed by atoms with van der Waals surface area (Å²) in [4.78, 5) is 9.16. The van der Waals surface area contributed by atoms with E-state index >= 15 is 0 Å². The number of aromatic nitrogens is 1.